The number of hydrogen-bond acceptors (Lipinski definition) is 3. The SMILES string of the molecule is Cn1cc(C2=CC(N)CCCC2)nn1. The van der Waals surface area contributed by atoms with Gasteiger partial charge in [0.2, 0.25) is 0 Å². The lowest BCUT2D eigenvalue weighted by molar-refractivity contribution is 0.657. The first kappa shape index (κ1) is 9.40. The molecule has 76 valence electrons. The lowest BCUT2D eigenvalue weighted by Crippen LogP contribution is -2.15. The maximum absolute atomic E-state index is 5.94. The topological polar surface area (TPSA) is 56.7 Å². The number of rotatable bonds is 1. The van der Waals surface area contributed by atoms with E-state index in [-0.39, 0.29) is 6.04 Å². The van der Waals surface area contributed by atoms with Gasteiger partial charge in [-0.2, -0.15) is 0 Å². The molecule has 0 radical (unpaired) electrons. The van der Waals surface area contributed by atoms with Gasteiger partial charge in [0.1, 0.15) is 5.69 Å². The summed E-state index contributed by atoms with van der Waals surface area (Å²) in [5.41, 5.74) is 8.17. The molecule has 1 aliphatic rings. The van der Waals surface area contributed by atoms with Crippen LogP contribution in [0, 0.1) is 0 Å². The predicted octanol–water partition coefficient (Wildman–Crippen LogP) is 1.10. The molecule has 14 heavy (non-hydrogen) atoms. The largest absolute Gasteiger partial charge is 0.324 e. The van der Waals surface area contributed by atoms with Crippen molar-refractivity contribution in [3.8, 4) is 0 Å². The van der Waals surface area contributed by atoms with Crippen molar-refractivity contribution in [3.05, 3.63) is 18.0 Å². The summed E-state index contributed by atoms with van der Waals surface area (Å²) in [5.74, 6) is 0. The molecule has 0 fully saturated rings. The van der Waals surface area contributed by atoms with Gasteiger partial charge in [-0.05, 0) is 24.8 Å². The van der Waals surface area contributed by atoms with Crippen LogP contribution in [0.3, 0.4) is 0 Å². The average molecular weight is 192 g/mol. The van der Waals surface area contributed by atoms with Gasteiger partial charge in [-0.15, -0.1) is 5.10 Å². The van der Waals surface area contributed by atoms with Crippen LogP contribution < -0.4 is 5.73 Å². The molecule has 0 amide bonds. The first-order chi connectivity index (χ1) is 6.75. The van der Waals surface area contributed by atoms with Crippen LogP contribution in [0.15, 0.2) is 12.3 Å². The highest BCUT2D eigenvalue weighted by Crippen LogP contribution is 2.23. The molecule has 1 atom stereocenters. The van der Waals surface area contributed by atoms with Gasteiger partial charge in [0.05, 0.1) is 6.20 Å². The van der Waals surface area contributed by atoms with E-state index in [1.54, 1.807) is 4.68 Å². The van der Waals surface area contributed by atoms with E-state index in [0.717, 1.165) is 18.5 Å². The van der Waals surface area contributed by atoms with E-state index in [2.05, 4.69) is 16.4 Å². The molecule has 0 aliphatic heterocycles. The number of aromatic nitrogens is 3. The zero-order valence-electron chi connectivity index (χ0n) is 8.48. The van der Waals surface area contributed by atoms with E-state index >= 15 is 0 Å². The van der Waals surface area contributed by atoms with Crippen LogP contribution in [0.2, 0.25) is 0 Å². The molecule has 1 aromatic heterocycles. The highest BCUT2D eigenvalue weighted by molar-refractivity contribution is 5.62. The van der Waals surface area contributed by atoms with Crippen LogP contribution in [0.5, 0.6) is 0 Å². The third-order valence-electron chi connectivity index (χ3n) is 2.58. The van der Waals surface area contributed by atoms with E-state index in [1.807, 2.05) is 13.2 Å². The molecule has 0 aromatic carbocycles. The quantitative estimate of drug-likeness (QED) is 0.725. The Bertz CT molecular complexity index is 340. The molecule has 0 saturated heterocycles. The van der Waals surface area contributed by atoms with Crippen LogP contribution >= 0.6 is 0 Å². The molecule has 1 unspecified atom stereocenters. The van der Waals surface area contributed by atoms with Gasteiger partial charge in [0.15, 0.2) is 0 Å². The number of nitrogens with two attached hydrogens (primary N) is 1. The van der Waals surface area contributed by atoms with Gasteiger partial charge in [-0.1, -0.05) is 17.7 Å². The van der Waals surface area contributed by atoms with Crippen LogP contribution in [0.25, 0.3) is 5.57 Å². The summed E-state index contributed by atoms with van der Waals surface area (Å²) in [5, 5.41) is 8.04. The second-order valence-corrected chi connectivity index (χ2v) is 3.88. The van der Waals surface area contributed by atoms with Gasteiger partial charge in [0.25, 0.3) is 0 Å². The van der Waals surface area contributed by atoms with Gasteiger partial charge in [-0.3, -0.25) is 4.68 Å². The molecule has 4 heteroatoms. The summed E-state index contributed by atoms with van der Waals surface area (Å²) in [6.45, 7) is 0. The maximum Gasteiger partial charge on any atom is 0.108 e. The molecule has 0 saturated carbocycles. The van der Waals surface area contributed by atoms with Crippen molar-refractivity contribution in [2.45, 2.75) is 31.7 Å². The minimum Gasteiger partial charge on any atom is -0.324 e. The Morgan fingerprint density at radius 3 is 3.07 bits per heavy atom. The lowest BCUT2D eigenvalue weighted by Gasteiger charge is -2.02. The number of hydrogen-bond donors (Lipinski definition) is 1. The van der Waals surface area contributed by atoms with Crippen molar-refractivity contribution in [1.82, 2.24) is 15.0 Å². The third-order valence-corrected chi connectivity index (χ3v) is 2.58. The zero-order chi connectivity index (χ0) is 9.97. The van der Waals surface area contributed by atoms with Gasteiger partial charge in [0, 0.05) is 13.1 Å². The second kappa shape index (κ2) is 3.92. The molecule has 1 aliphatic carbocycles. The Kier molecular flexibility index (Phi) is 2.63. The van der Waals surface area contributed by atoms with Crippen LogP contribution in [-0.4, -0.2) is 21.0 Å². The fourth-order valence-electron chi connectivity index (χ4n) is 1.83. The minimum absolute atomic E-state index is 0.189. The molecule has 1 heterocycles. The van der Waals surface area contributed by atoms with Crippen LogP contribution in [0.4, 0.5) is 0 Å². The molecule has 0 spiro atoms. The smallest absolute Gasteiger partial charge is 0.108 e. The zero-order valence-corrected chi connectivity index (χ0v) is 8.48. The van der Waals surface area contributed by atoms with Crippen molar-refractivity contribution >= 4 is 5.57 Å². The van der Waals surface area contributed by atoms with E-state index in [1.165, 1.54) is 18.4 Å². The molecule has 2 rings (SSSR count). The fraction of sp³-hybridized carbons (Fsp3) is 0.600. The first-order valence-electron chi connectivity index (χ1n) is 5.08. The van der Waals surface area contributed by atoms with Crippen molar-refractivity contribution in [2.75, 3.05) is 0 Å². The minimum atomic E-state index is 0.189. The van der Waals surface area contributed by atoms with E-state index in [4.69, 9.17) is 5.73 Å². The summed E-state index contributed by atoms with van der Waals surface area (Å²) in [4.78, 5) is 0. The summed E-state index contributed by atoms with van der Waals surface area (Å²) in [6.07, 6.45) is 8.66. The normalized spacial score (nSPS) is 23.0. The summed E-state index contributed by atoms with van der Waals surface area (Å²) in [7, 11) is 1.88. The van der Waals surface area contributed by atoms with Gasteiger partial charge in [-0.25, -0.2) is 0 Å². The fourth-order valence-corrected chi connectivity index (χ4v) is 1.83. The molecule has 1 aromatic rings. The third kappa shape index (κ3) is 2.01. The summed E-state index contributed by atoms with van der Waals surface area (Å²) < 4.78 is 1.73. The highest BCUT2D eigenvalue weighted by atomic mass is 15.4. The van der Waals surface area contributed by atoms with E-state index < -0.39 is 0 Å². The molecular formula is C10H16N4. The Labute approximate surface area is 83.8 Å². The molecule has 4 nitrogen and oxygen atoms in total. The Morgan fingerprint density at radius 2 is 2.36 bits per heavy atom. The molecule has 2 N–H and O–H groups in total. The summed E-state index contributed by atoms with van der Waals surface area (Å²) >= 11 is 0. The van der Waals surface area contributed by atoms with E-state index in [0.29, 0.717) is 0 Å². The lowest BCUT2D eigenvalue weighted by atomic mass is 10.1. The average Bonchev–Trinajstić information content (AvgIpc) is 2.45. The molecule has 0 bridgehead atoms. The molecular weight excluding hydrogens is 176 g/mol. The maximum atomic E-state index is 5.94. The Balaban J connectivity index is 2.23. The van der Waals surface area contributed by atoms with Crippen molar-refractivity contribution in [1.29, 1.82) is 0 Å². The van der Waals surface area contributed by atoms with Gasteiger partial charge >= 0.3 is 0 Å². The summed E-state index contributed by atoms with van der Waals surface area (Å²) in [6, 6.07) is 0.189. The van der Waals surface area contributed by atoms with Crippen molar-refractivity contribution in [2.24, 2.45) is 12.8 Å². The number of nitrogens with zero attached hydrogens (tertiary/aromatic N) is 3. The van der Waals surface area contributed by atoms with Crippen LogP contribution in [-0.2, 0) is 7.05 Å². The second-order valence-electron chi connectivity index (χ2n) is 3.88. The Morgan fingerprint density at radius 1 is 1.50 bits per heavy atom. The van der Waals surface area contributed by atoms with Gasteiger partial charge < -0.3 is 5.73 Å². The number of allylic oxidation sites excluding steroid dienone is 1. The standard InChI is InChI=1S/C10H16N4/c1-14-7-10(12-13-14)8-4-2-3-5-9(11)6-8/h6-7,9H,2-5,11H2,1H3. The van der Waals surface area contributed by atoms with E-state index in [9.17, 15) is 0 Å². The van der Waals surface area contributed by atoms with Crippen molar-refractivity contribution in [3.63, 3.8) is 0 Å². The predicted molar refractivity (Wildman–Crippen MR) is 55.4 cm³/mol. The first-order valence-corrected chi connectivity index (χ1v) is 5.08. The monoisotopic (exact) mass is 192 g/mol. The van der Waals surface area contributed by atoms with Crippen molar-refractivity contribution < 1.29 is 0 Å². The number of aryl methyl sites for hydroxylation is 1. The van der Waals surface area contributed by atoms with Crippen LogP contribution in [0.1, 0.15) is 31.4 Å². The highest BCUT2D eigenvalue weighted by Gasteiger charge is 2.12. The Hall–Kier alpha value is -1.16.